The molecule has 1 saturated heterocycles. The minimum atomic E-state index is 0.0627. The SMILES string of the molecule is CC(=O)N(C)C1CCN(C=O)C1.Cc1ccc(Nc2ncc(-c3cn[nH]c3)n3ncnc23)cc1. The van der Waals surface area contributed by atoms with Crippen molar-refractivity contribution in [2.24, 2.45) is 0 Å². The molecular weight excluding hydrogens is 434 g/mol. The number of aromatic amines is 1. The molecule has 0 saturated carbocycles. The number of fused-ring (bicyclic) bond motifs is 1. The van der Waals surface area contributed by atoms with Crippen LogP contribution in [0.25, 0.3) is 16.9 Å². The topological polar surface area (TPSA) is 124 Å². The molecule has 4 aromatic rings. The maximum absolute atomic E-state index is 10.9. The second-order valence-corrected chi connectivity index (χ2v) is 8.14. The number of amides is 2. The van der Waals surface area contributed by atoms with Crippen molar-refractivity contribution in [3.05, 3.63) is 54.7 Å². The Morgan fingerprint density at radius 1 is 1.24 bits per heavy atom. The average molecular weight is 462 g/mol. The van der Waals surface area contributed by atoms with Crippen molar-refractivity contribution in [3.8, 4) is 11.3 Å². The van der Waals surface area contributed by atoms with Gasteiger partial charge in [0.2, 0.25) is 12.3 Å². The van der Waals surface area contributed by atoms with Crippen LogP contribution in [-0.2, 0) is 9.59 Å². The number of aromatic nitrogens is 6. The first-order valence-electron chi connectivity index (χ1n) is 10.9. The summed E-state index contributed by atoms with van der Waals surface area (Å²) in [5.41, 5.74) is 4.57. The van der Waals surface area contributed by atoms with Crippen LogP contribution in [-0.4, -0.2) is 78.1 Å². The summed E-state index contributed by atoms with van der Waals surface area (Å²) in [5.74, 6) is 0.723. The summed E-state index contributed by atoms with van der Waals surface area (Å²) in [7, 11) is 1.78. The Morgan fingerprint density at radius 2 is 2.03 bits per heavy atom. The van der Waals surface area contributed by atoms with Gasteiger partial charge in [-0.2, -0.15) is 10.2 Å². The van der Waals surface area contributed by atoms with Gasteiger partial charge in [-0.15, -0.1) is 0 Å². The molecule has 5 rings (SSSR count). The first kappa shape index (κ1) is 22.9. The highest BCUT2D eigenvalue weighted by Crippen LogP contribution is 2.23. The monoisotopic (exact) mass is 461 g/mol. The predicted octanol–water partition coefficient (Wildman–Crippen LogP) is 2.26. The highest BCUT2D eigenvalue weighted by molar-refractivity contribution is 5.74. The van der Waals surface area contributed by atoms with Crippen LogP contribution in [0, 0.1) is 6.92 Å². The number of likely N-dealkylation sites (tertiary alicyclic amines) is 1. The van der Waals surface area contributed by atoms with E-state index in [9.17, 15) is 9.59 Å². The number of carbonyl (C=O) groups is 2. The minimum Gasteiger partial charge on any atom is -0.343 e. The molecule has 11 nitrogen and oxygen atoms in total. The van der Waals surface area contributed by atoms with Gasteiger partial charge in [0.1, 0.15) is 6.33 Å². The maximum atomic E-state index is 10.9. The number of rotatable bonds is 5. The Morgan fingerprint density at radius 3 is 2.68 bits per heavy atom. The van der Waals surface area contributed by atoms with Gasteiger partial charge in [-0.05, 0) is 25.5 Å². The van der Waals surface area contributed by atoms with E-state index in [1.165, 1.54) is 11.9 Å². The van der Waals surface area contributed by atoms with Crippen LogP contribution < -0.4 is 5.32 Å². The fourth-order valence-corrected chi connectivity index (χ4v) is 3.70. The molecule has 4 heterocycles. The van der Waals surface area contributed by atoms with E-state index in [1.807, 2.05) is 24.3 Å². The Kier molecular flexibility index (Phi) is 6.81. The highest BCUT2D eigenvalue weighted by atomic mass is 16.2. The summed E-state index contributed by atoms with van der Waals surface area (Å²) in [6.45, 7) is 5.05. The zero-order valence-corrected chi connectivity index (χ0v) is 19.3. The summed E-state index contributed by atoms with van der Waals surface area (Å²) in [4.78, 5) is 33.5. The highest BCUT2D eigenvalue weighted by Gasteiger charge is 2.25. The lowest BCUT2D eigenvalue weighted by atomic mass is 10.2. The van der Waals surface area contributed by atoms with Crippen LogP contribution in [0.4, 0.5) is 11.5 Å². The number of anilines is 2. The Balaban J connectivity index is 0.000000195. The number of H-pyrrole nitrogens is 1. The van der Waals surface area contributed by atoms with Gasteiger partial charge in [0, 0.05) is 44.5 Å². The number of likely N-dealkylation sites (N-methyl/N-ethyl adjacent to an activating group) is 1. The molecule has 176 valence electrons. The lowest BCUT2D eigenvalue weighted by molar-refractivity contribution is -0.129. The van der Waals surface area contributed by atoms with Gasteiger partial charge in [-0.1, -0.05) is 17.7 Å². The molecule has 0 radical (unpaired) electrons. The predicted molar refractivity (Wildman–Crippen MR) is 127 cm³/mol. The van der Waals surface area contributed by atoms with E-state index in [1.54, 1.807) is 46.9 Å². The van der Waals surface area contributed by atoms with E-state index < -0.39 is 0 Å². The lowest BCUT2D eigenvalue weighted by Crippen LogP contribution is -2.37. The van der Waals surface area contributed by atoms with Gasteiger partial charge < -0.3 is 15.1 Å². The van der Waals surface area contributed by atoms with Gasteiger partial charge in [-0.25, -0.2) is 14.5 Å². The fraction of sp³-hybridized carbons (Fsp3) is 0.304. The fourth-order valence-electron chi connectivity index (χ4n) is 3.70. The smallest absolute Gasteiger partial charge is 0.219 e. The van der Waals surface area contributed by atoms with Crippen molar-refractivity contribution in [3.63, 3.8) is 0 Å². The van der Waals surface area contributed by atoms with Crippen LogP contribution in [0.3, 0.4) is 0 Å². The van der Waals surface area contributed by atoms with Crippen molar-refractivity contribution in [1.82, 2.24) is 39.6 Å². The summed E-state index contributed by atoms with van der Waals surface area (Å²) in [6, 6.07) is 8.32. The second kappa shape index (κ2) is 10.1. The molecule has 0 spiro atoms. The molecule has 1 aromatic carbocycles. The Bertz CT molecular complexity index is 1250. The number of carbonyl (C=O) groups excluding carboxylic acids is 2. The zero-order valence-electron chi connectivity index (χ0n) is 19.3. The van der Waals surface area contributed by atoms with Crippen molar-refractivity contribution < 1.29 is 9.59 Å². The van der Waals surface area contributed by atoms with Gasteiger partial charge in [0.15, 0.2) is 11.5 Å². The van der Waals surface area contributed by atoms with E-state index in [0.29, 0.717) is 18.0 Å². The molecule has 11 heteroatoms. The zero-order chi connectivity index (χ0) is 24.1. The average Bonchev–Trinajstić information content (AvgIpc) is 3.62. The van der Waals surface area contributed by atoms with E-state index in [2.05, 4.69) is 37.5 Å². The van der Waals surface area contributed by atoms with Crippen LogP contribution in [0.1, 0.15) is 18.9 Å². The third-order valence-corrected chi connectivity index (χ3v) is 5.80. The molecule has 2 N–H and O–H groups in total. The molecule has 2 amide bonds. The van der Waals surface area contributed by atoms with E-state index in [-0.39, 0.29) is 11.9 Å². The summed E-state index contributed by atoms with van der Waals surface area (Å²) < 4.78 is 1.74. The van der Waals surface area contributed by atoms with E-state index in [4.69, 9.17) is 0 Å². The number of aryl methyl sites for hydroxylation is 1. The standard InChI is InChI=1S/C15H13N7.C8H14N2O2/c1-10-2-4-12(5-3-10)21-14-15-17-9-20-22(15)13(8-16-14)11-6-18-19-7-11;1-7(12)9(2)8-3-4-10(5-8)6-11/h2-9H,1H3,(H,16,21)(H,18,19);6,8H,3-5H2,1-2H3. The van der Waals surface area contributed by atoms with E-state index in [0.717, 1.165) is 36.3 Å². The second-order valence-electron chi connectivity index (χ2n) is 8.14. The van der Waals surface area contributed by atoms with Crippen molar-refractivity contribution in [2.75, 3.05) is 25.5 Å². The molecule has 3 aromatic heterocycles. The van der Waals surface area contributed by atoms with Crippen LogP contribution in [0.15, 0.2) is 49.2 Å². The van der Waals surface area contributed by atoms with Crippen molar-refractivity contribution in [2.45, 2.75) is 26.3 Å². The minimum absolute atomic E-state index is 0.0627. The molecular formula is C23H27N9O2. The first-order chi connectivity index (χ1) is 16.5. The molecule has 0 aliphatic carbocycles. The van der Waals surface area contributed by atoms with Crippen LogP contribution >= 0.6 is 0 Å². The lowest BCUT2D eigenvalue weighted by Gasteiger charge is -2.22. The number of benzene rings is 1. The number of nitrogens with one attached hydrogen (secondary N) is 2. The number of nitrogens with zero attached hydrogens (tertiary/aromatic N) is 7. The molecule has 1 unspecified atom stereocenters. The summed E-state index contributed by atoms with van der Waals surface area (Å²) in [5, 5.41) is 14.3. The third-order valence-electron chi connectivity index (χ3n) is 5.80. The molecule has 34 heavy (non-hydrogen) atoms. The maximum Gasteiger partial charge on any atom is 0.219 e. The Hall–Kier alpha value is -4.28. The largest absolute Gasteiger partial charge is 0.343 e. The van der Waals surface area contributed by atoms with Crippen molar-refractivity contribution >= 4 is 29.5 Å². The van der Waals surface area contributed by atoms with Gasteiger partial charge in [0.25, 0.3) is 0 Å². The summed E-state index contributed by atoms with van der Waals surface area (Å²) in [6.07, 6.45) is 8.53. The Labute approximate surface area is 196 Å². The van der Waals surface area contributed by atoms with Crippen molar-refractivity contribution in [1.29, 1.82) is 0 Å². The third kappa shape index (κ3) is 5.03. The molecule has 0 bridgehead atoms. The molecule has 1 aliphatic rings. The van der Waals surface area contributed by atoms with Crippen LogP contribution in [0.2, 0.25) is 0 Å². The molecule has 1 fully saturated rings. The summed E-state index contributed by atoms with van der Waals surface area (Å²) >= 11 is 0. The quantitative estimate of drug-likeness (QED) is 0.437. The molecule has 1 aliphatic heterocycles. The molecule has 1 atom stereocenters. The van der Waals surface area contributed by atoms with Gasteiger partial charge in [0.05, 0.1) is 24.1 Å². The van der Waals surface area contributed by atoms with E-state index >= 15 is 0 Å². The normalized spacial score (nSPS) is 15.0. The van der Waals surface area contributed by atoms with Gasteiger partial charge in [-0.3, -0.25) is 14.7 Å². The first-order valence-corrected chi connectivity index (χ1v) is 10.9. The van der Waals surface area contributed by atoms with Gasteiger partial charge >= 0.3 is 0 Å². The number of hydrogen-bond acceptors (Lipinski definition) is 7. The van der Waals surface area contributed by atoms with Crippen LogP contribution in [0.5, 0.6) is 0 Å². The number of hydrogen-bond donors (Lipinski definition) is 2.